The van der Waals surface area contributed by atoms with Crippen LogP contribution in [0.25, 0.3) is 0 Å². The lowest BCUT2D eigenvalue weighted by atomic mass is 9.87. The maximum Gasteiger partial charge on any atom is 0.341 e. The molecule has 0 spiro atoms. The molecule has 0 amide bonds. The fourth-order valence-electron chi connectivity index (χ4n) is 3.75. The first kappa shape index (κ1) is 22.7. The number of ether oxygens (including phenoxy) is 1. The van der Waals surface area contributed by atoms with E-state index >= 15 is 0 Å². The van der Waals surface area contributed by atoms with Gasteiger partial charge in [-0.1, -0.05) is 33.6 Å². The summed E-state index contributed by atoms with van der Waals surface area (Å²) in [6, 6.07) is 1.99. The zero-order chi connectivity index (χ0) is 21.7. The van der Waals surface area contributed by atoms with Gasteiger partial charge >= 0.3 is 5.97 Å². The van der Waals surface area contributed by atoms with Crippen LogP contribution in [0.1, 0.15) is 67.3 Å². The third-order valence-corrected chi connectivity index (χ3v) is 6.99. The fourth-order valence-corrected chi connectivity index (χ4v) is 5.35. The highest BCUT2D eigenvalue weighted by atomic mass is 32.1. The van der Waals surface area contributed by atoms with Crippen LogP contribution in [-0.4, -0.2) is 34.0 Å². The summed E-state index contributed by atoms with van der Waals surface area (Å²) < 4.78 is 7.02. The highest BCUT2D eigenvalue weighted by Crippen LogP contribution is 2.37. The average molecular weight is 449 g/mol. The Morgan fingerprint density at radius 3 is 2.67 bits per heavy atom. The van der Waals surface area contributed by atoms with Gasteiger partial charge in [-0.05, 0) is 54.9 Å². The molecule has 2 aromatic heterocycles. The van der Waals surface area contributed by atoms with Crippen molar-refractivity contribution < 1.29 is 9.53 Å². The summed E-state index contributed by atoms with van der Waals surface area (Å²) in [6.45, 7) is 7.22. The van der Waals surface area contributed by atoms with Gasteiger partial charge in [-0.3, -0.25) is 4.68 Å². The number of aryl methyl sites for hydroxylation is 1. The minimum Gasteiger partial charge on any atom is -0.465 e. The van der Waals surface area contributed by atoms with Gasteiger partial charge < -0.3 is 15.4 Å². The van der Waals surface area contributed by atoms with Gasteiger partial charge in [-0.25, -0.2) is 4.79 Å². The van der Waals surface area contributed by atoms with E-state index in [4.69, 9.17) is 17.0 Å². The maximum atomic E-state index is 12.6. The van der Waals surface area contributed by atoms with E-state index in [-0.39, 0.29) is 17.4 Å². The number of carbonyl (C=O) groups is 1. The lowest BCUT2D eigenvalue weighted by Gasteiger charge is -2.32. The van der Waals surface area contributed by atoms with Crippen LogP contribution < -0.4 is 10.6 Å². The molecular formula is C22H32N4O2S2. The van der Waals surface area contributed by atoms with E-state index < -0.39 is 0 Å². The lowest BCUT2D eigenvalue weighted by Crippen LogP contribution is -2.48. The van der Waals surface area contributed by atoms with Gasteiger partial charge in [0.05, 0.1) is 25.3 Å². The van der Waals surface area contributed by atoms with E-state index in [1.54, 1.807) is 17.5 Å². The molecule has 1 aliphatic carbocycles. The number of thiocarbonyl (C=S) groups is 1. The molecule has 1 atom stereocenters. The summed E-state index contributed by atoms with van der Waals surface area (Å²) in [6.07, 6.45) is 10.4. The topological polar surface area (TPSA) is 68.2 Å². The Hall–Kier alpha value is -1.93. The molecule has 6 nitrogen and oxygen atoms in total. The second-order valence-electron chi connectivity index (χ2n) is 8.86. The Bertz CT molecular complexity index is 869. The lowest BCUT2D eigenvalue weighted by molar-refractivity contribution is 0.0601. The van der Waals surface area contributed by atoms with Crippen molar-refractivity contribution in [1.82, 2.24) is 15.1 Å². The number of fused-ring (bicyclic) bond motifs is 1. The third-order valence-electron chi connectivity index (χ3n) is 5.57. The van der Waals surface area contributed by atoms with Crippen molar-refractivity contribution >= 4 is 39.6 Å². The molecule has 1 aliphatic rings. The number of methoxy groups -OCH3 is 1. The average Bonchev–Trinajstić information content (AvgIpc) is 3.28. The Morgan fingerprint density at radius 2 is 2.03 bits per heavy atom. The van der Waals surface area contributed by atoms with Gasteiger partial charge in [-0.15, -0.1) is 11.3 Å². The molecule has 0 bridgehead atoms. The predicted molar refractivity (Wildman–Crippen MR) is 126 cm³/mol. The Balaban J connectivity index is 1.80. The highest BCUT2D eigenvalue weighted by molar-refractivity contribution is 7.80. The van der Waals surface area contributed by atoms with Crippen molar-refractivity contribution in [2.75, 3.05) is 12.4 Å². The van der Waals surface area contributed by atoms with Gasteiger partial charge in [-0.2, -0.15) is 5.10 Å². The van der Waals surface area contributed by atoms with Crippen LogP contribution in [-0.2, 0) is 24.1 Å². The summed E-state index contributed by atoms with van der Waals surface area (Å²) in [5.74, 6) is -0.290. The summed E-state index contributed by atoms with van der Waals surface area (Å²) in [5, 5.41) is 12.4. The first-order valence-electron chi connectivity index (χ1n) is 10.6. The molecule has 1 unspecified atom stereocenters. The van der Waals surface area contributed by atoms with Crippen LogP contribution >= 0.6 is 23.6 Å². The summed E-state index contributed by atoms with van der Waals surface area (Å²) in [4.78, 5) is 13.9. The highest BCUT2D eigenvalue weighted by Gasteiger charge is 2.28. The summed E-state index contributed by atoms with van der Waals surface area (Å²) >= 11 is 7.30. The quantitative estimate of drug-likeness (QED) is 0.506. The monoisotopic (exact) mass is 448 g/mol. The van der Waals surface area contributed by atoms with Crippen LogP contribution in [0, 0.1) is 5.41 Å². The van der Waals surface area contributed by atoms with Crippen LogP contribution in [0.4, 0.5) is 5.00 Å². The standard InChI is InChI=1S/C22H32N4O2S2/c1-22(2,3)17(14-26-13-9-12-23-26)24-21(29)25-19-18(20(27)28-4)15-10-7-5-6-8-11-16(15)30-19/h9,12-13,17H,5-8,10-11,14H2,1-4H3,(H2,24,25,29). The zero-order valence-electron chi connectivity index (χ0n) is 18.3. The number of hydrogen-bond donors (Lipinski definition) is 2. The molecular weight excluding hydrogens is 416 g/mol. The molecule has 2 heterocycles. The number of thiophene rings is 1. The van der Waals surface area contributed by atoms with Crippen molar-refractivity contribution in [2.45, 2.75) is 71.9 Å². The van der Waals surface area contributed by atoms with Crippen LogP contribution in [0.2, 0.25) is 0 Å². The summed E-state index contributed by atoms with van der Waals surface area (Å²) in [7, 11) is 1.44. The normalized spacial score (nSPS) is 15.5. The van der Waals surface area contributed by atoms with E-state index in [0.717, 1.165) is 36.2 Å². The van der Waals surface area contributed by atoms with E-state index in [1.807, 2.05) is 16.9 Å². The number of nitrogens with zero attached hydrogens (tertiary/aromatic N) is 2. The SMILES string of the molecule is COC(=O)c1c(NC(=S)NC(Cn2cccn2)C(C)(C)C)sc2c1CCCCCC2. The van der Waals surface area contributed by atoms with E-state index in [9.17, 15) is 4.79 Å². The van der Waals surface area contributed by atoms with Crippen LogP contribution in [0.5, 0.6) is 0 Å². The molecule has 2 aromatic rings. The largest absolute Gasteiger partial charge is 0.465 e. The molecule has 30 heavy (non-hydrogen) atoms. The second kappa shape index (κ2) is 9.92. The number of nitrogens with one attached hydrogen (secondary N) is 2. The van der Waals surface area contributed by atoms with Crippen molar-refractivity contribution in [3.8, 4) is 0 Å². The molecule has 2 N–H and O–H groups in total. The minimum atomic E-state index is -0.290. The molecule has 3 rings (SSSR count). The van der Waals surface area contributed by atoms with E-state index in [1.165, 1.54) is 24.8 Å². The molecule has 0 aliphatic heterocycles. The first-order valence-corrected chi connectivity index (χ1v) is 11.8. The molecule has 164 valence electrons. The van der Waals surface area contributed by atoms with Crippen molar-refractivity contribution in [3.63, 3.8) is 0 Å². The predicted octanol–water partition coefficient (Wildman–Crippen LogP) is 4.79. The number of rotatable bonds is 5. The van der Waals surface area contributed by atoms with Crippen molar-refractivity contribution in [2.24, 2.45) is 5.41 Å². The summed E-state index contributed by atoms with van der Waals surface area (Å²) in [5.41, 5.74) is 1.76. The third kappa shape index (κ3) is 5.60. The molecule has 0 radical (unpaired) electrons. The molecule has 8 heteroatoms. The molecule has 0 fully saturated rings. The fraction of sp³-hybridized carbons (Fsp3) is 0.591. The Morgan fingerprint density at radius 1 is 1.30 bits per heavy atom. The molecule has 0 saturated carbocycles. The molecule has 0 saturated heterocycles. The van der Waals surface area contributed by atoms with Gasteiger partial charge in [0, 0.05) is 17.3 Å². The number of carbonyl (C=O) groups excluding carboxylic acids is 1. The van der Waals surface area contributed by atoms with E-state index in [2.05, 4.69) is 36.5 Å². The molecule has 0 aromatic carbocycles. The van der Waals surface area contributed by atoms with Gasteiger partial charge in [0.1, 0.15) is 5.00 Å². The van der Waals surface area contributed by atoms with Gasteiger partial charge in [0.2, 0.25) is 0 Å². The zero-order valence-corrected chi connectivity index (χ0v) is 19.9. The van der Waals surface area contributed by atoms with Crippen molar-refractivity contribution in [3.05, 3.63) is 34.5 Å². The number of esters is 1. The Kier molecular flexibility index (Phi) is 7.52. The second-order valence-corrected chi connectivity index (χ2v) is 10.4. The van der Waals surface area contributed by atoms with Crippen LogP contribution in [0.15, 0.2) is 18.5 Å². The smallest absolute Gasteiger partial charge is 0.341 e. The maximum absolute atomic E-state index is 12.6. The van der Waals surface area contributed by atoms with Crippen LogP contribution in [0.3, 0.4) is 0 Å². The first-order chi connectivity index (χ1) is 14.3. The van der Waals surface area contributed by atoms with Gasteiger partial charge in [0.15, 0.2) is 5.11 Å². The number of anilines is 1. The number of aromatic nitrogens is 2. The Labute approximate surface area is 188 Å². The van der Waals surface area contributed by atoms with Crippen molar-refractivity contribution in [1.29, 1.82) is 0 Å². The van der Waals surface area contributed by atoms with E-state index in [0.29, 0.717) is 17.2 Å². The van der Waals surface area contributed by atoms with Gasteiger partial charge in [0.25, 0.3) is 0 Å². The number of hydrogen-bond acceptors (Lipinski definition) is 5. The minimum absolute atomic E-state index is 0.0343.